The van der Waals surface area contributed by atoms with E-state index >= 15 is 0 Å². The van der Waals surface area contributed by atoms with E-state index in [2.05, 4.69) is 9.80 Å². The minimum Gasteiger partial charge on any atom is -0.508 e. The molecule has 0 amide bonds. The Morgan fingerprint density at radius 3 is 2.30 bits per heavy atom. The van der Waals surface area contributed by atoms with Crippen molar-refractivity contribution in [1.82, 2.24) is 9.80 Å². The molecule has 1 aliphatic rings. The summed E-state index contributed by atoms with van der Waals surface area (Å²) < 4.78 is 0. The maximum Gasteiger partial charge on any atom is 0.115 e. The second-order valence-corrected chi connectivity index (χ2v) is 5.47. The van der Waals surface area contributed by atoms with Crippen LogP contribution in [0.4, 0.5) is 0 Å². The summed E-state index contributed by atoms with van der Waals surface area (Å²) in [7, 11) is 0. The monoisotopic (exact) mass is 295 g/mol. The fourth-order valence-electron chi connectivity index (χ4n) is 2.60. The van der Waals surface area contributed by atoms with Crippen molar-refractivity contribution >= 4 is 17.2 Å². The molecule has 110 valence electrons. The molecule has 1 saturated heterocycles. The summed E-state index contributed by atoms with van der Waals surface area (Å²) >= 11 is 5.21. The summed E-state index contributed by atoms with van der Waals surface area (Å²) in [4.78, 5) is 4.93. The Bertz CT molecular complexity index is 444. The van der Waals surface area contributed by atoms with Crippen LogP contribution in [0.25, 0.3) is 0 Å². The van der Waals surface area contributed by atoms with Crippen molar-refractivity contribution in [2.45, 2.75) is 6.04 Å². The molecule has 1 aromatic rings. The highest BCUT2D eigenvalue weighted by Crippen LogP contribution is 2.24. The van der Waals surface area contributed by atoms with E-state index in [-0.39, 0.29) is 18.4 Å². The van der Waals surface area contributed by atoms with Crippen LogP contribution >= 0.6 is 12.2 Å². The lowest BCUT2D eigenvalue weighted by atomic mass is 10.0. The zero-order valence-corrected chi connectivity index (χ0v) is 12.2. The van der Waals surface area contributed by atoms with Gasteiger partial charge in [0, 0.05) is 32.7 Å². The molecule has 6 heteroatoms. The molecule has 0 spiro atoms. The molecule has 2 rings (SSSR count). The molecule has 1 aliphatic heterocycles. The first-order valence-electron chi connectivity index (χ1n) is 6.77. The normalized spacial score (nSPS) is 18.9. The van der Waals surface area contributed by atoms with Gasteiger partial charge in [0.2, 0.25) is 0 Å². The second-order valence-electron chi connectivity index (χ2n) is 5.00. The van der Waals surface area contributed by atoms with Crippen LogP contribution in [0.3, 0.4) is 0 Å². The van der Waals surface area contributed by atoms with Gasteiger partial charge >= 0.3 is 0 Å². The summed E-state index contributed by atoms with van der Waals surface area (Å²) in [6.45, 7) is 4.43. The van der Waals surface area contributed by atoms with Crippen molar-refractivity contribution in [2.75, 3.05) is 39.3 Å². The molecule has 20 heavy (non-hydrogen) atoms. The molecule has 0 bridgehead atoms. The molecule has 4 N–H and O–H groups in total. The first-order chi connectivity index (χ1) is 9.61. The summed E-state index contributed by atoms with van der Waals surface area (Å²) in [6.07, 6.45) is 0. The number of nitrogens with two attached hydrogens (primary N) is 1. The van der Waals surface area contributed by atoms with E-state index in [1.165, 1.54) is 0 Å². The van der Waals surface area contributed by atoms with E-state index in [4.69, 9.17) is 23.1 Å². The standard InChI is InChI=1S/C14H21N3O2S/c15-14(20)13(11-1-3-12(19)4-2-11)17-7-5-16(6-8-17)9-10-18/h1-4,13,18-19H,5-10H2,(H2,15,20). The fraction of sp³-hybridized carbons (Fsp3) is 0.500. The number of aliphatic hydroxyl groups excluding tert-OH is 1. The van der Waals surface area contributed by atoms with Crippen molar-refractivity contribution in [3.8, 4) is 5.75 Å². The maximum absolute atomic E-state index is 9.37. The predicted octanol–water partition coefficient (Wildman–Crippen LogP) is 0.329. The first-order valence-corrected chi connectivity index (χ1v) is 7.18. The van der Waals surface area contributed by atoms with Crippen LogP contribution in [0.5, 0.6) is 5.75 Å². The van der Waals surface area contributed by atoms with Crippen LogP contribution in [0, 0.1) is 0 Å². The number of nitrogens with zero attached hydrogens (tertiary/aromatic N) is 2. The largest absolute Gasteiger partial charge is 0.508 e. The summed E-state index contributed by atoms with van der Waals surface area (Å²) in [5.41, 5.74) is 6.91. The predicted molar refractivity (Wildman–Crippen MR) is 82.7 cm³/mol. The average molecular weight is 295 g/mol. The fourth-order valence-corrected chi connectivity index (χ4v) is 2.88. The molecule has 1 aromatic carbocycles. The van der Waals surface area contributed by atoms with Crippen LogP contribution < -0.4 is 5.73 Å². The van der Waals surface area contributed by atoms with Crippen molar-refractivity contribution in [2.24, 2.45) is 5.73 Å². The molecular formula is C14H21N3O2S. The van der Waals surface area contributed by atoms with E-state index in [0.717, 1.165) is 31.7 Å². The number of phenols is 1. The van der Waals surface area contributed by atoms with Crippen molar-refractivity contribution < 1.29 is 10.2 Å². The zero-order valence-electron chi connectivity index (χ0n) is 11.4. The van der Waals surface area contributed by atoms with Gasteiger partial charge in [-0.25, -0.2) is 0 Å². The average Bonchev–Trinajstić information content (AvgIpc) is 2.43. The molecule has 0 radical (unpaired) electrons. The Morgan fingerprint density at radius 1 is 1.20 bits per heavy atom. The Balaban J connectivity index is 2.07. The molecule has 0 aromatic heterocycles. The van der Waals surface area contributed by atoms with Crippen LogP contribution in [0.15, 0.2) is 24.3 Å². The van der Waals surface area contributed by atoms with Gasteiger partial charge in [0.25, 0.3) is 0 Å². The van der Waals surface area contributed by atoms with E-state index in [1.807, 2.05) is 12.1 Å². The van der Waals surface area contributed by atoms with Crippen LogP contribution in [0.1, 0.15) is 11.6 Å². The van der Waals surface area contributed by atoms with Crippen molar-refractivity contribution in [1.29, 1.82) is 0 Å². The van der Waals surface area contributed by atoms with Gasteiger partial charge in [-0.15, -0.1) is 0 Å². The first kappa shape index (κ1) is 15.2. The molecule has 0 saturated carbocycles. The van der Waals surface area contributed by atoms with Gasteiger partial charge < -0.3 is 15.9 Å². The number of phenolic OH excluding ortho intramolecular Hbond substituents is 1. The summed E-state index contributed by atoms with van der Waals surface area (Å²) in [5, 5.41) is 18.3. The summed E-state index contributed by atoms with van der Waals surface area (Å²) in [6, 6.07) is 6.94. The number of hydrogen-bond donors (Lipinski definition) is 3. The molecule has 0 aliphatic carbocycles. The highest BCUT2D eigenvalue weighted by molar-refractivity contribution is 7.80. The molecular weight excluding hydrogens is 274 g/mol. The maximum atomic E-state index is 9.37. The Labute approximate surface area is 124 Å². The number of rotatable bonds is 5. The lowest BCUT2D eigenvalue weighted by molar-refractivity contribution is 0.101. The van der Waals surface area contributed by atoms with Crippen LogP contribution in [-0.4, -0.2) is 64.3 Å². The van der Waals surface area contributed by atoms with E-state index < -0.39 is 0 Å². The second kappa shape index (κ2) is 6.99. The van der Waals surface area contributed by atoms with Gasteiger partial charge in [-0.05, 0) is 17.7 Å². The third-order valence-corrected chi connectivity index (χ3v) is 3.89. The topological polar surface area (TPSA) is 73.0 Å². The third kappa shape index (κ3) is 3.67. The number of piperazine rings is 1. The van der Waals surface area contributed by atoms with Crippen LogP contribution in [0.2, 0.25) is 0 Å². The number of β-amino-alcohol motifs (C(OH)–C–C–N with tert-alkyl or cyclic N) is 1. The number of aliphatic hydroxyl groups is 1. The van der Waals surface area contributed by atoms with E-state index in [9.17, 15) is 5.11 Å². The number of aromatic hydroxyl groups is 1. The number of benzene rings is 1. The van der Waals surface area contributed by atoms with Gasteiger partial charge in [0.15, 0.2) is 0 Å². The lowest BCUT2D eigenvalue weighted by Gasteiger charge is -2.38. The minimum atomic E-state index is -0.0955. The van der Waals surface area contributed by atoms with Crippen molar-refractivity contribution in [3.63, 3.8) is 0 Å². The molecule has 1 heterocycles. The molecule has 5 nitrogen and oxygen atoms in total. The molecule has 1 fully saturated rings. The summed E-state index contributed by atoms with van der Waals surface area (Å²) in [5.74, 6) is 0.239. The van der Waals surface area contributed by atoms with Crippen LogP contribution in [-0.2, 0) is 0 Å². The van der Waals surface area contributed by atoms with Gasteiger partial charge in [-0.2, -0.15) is 0 Å². The highest BCUT2D eigenvalue weighted by atomic mass is 32.1. The van der Waals surface area contributed by atoms with Gasteiger partial charge in [-0.3, -0.25) is 9.80 Å². The van der Waals surface area contributed by atoms with Gasteiger partial charge in [0.05, 0.1) is 17.6 Å². The van der Waals surface area contributed by atoms with Gasteiger partial charge in [-0.1, -0.05) is 24.4 Å². The third-order valence-electron chi connectivity index (χ3n) is 3.67. The number of hydrogen-bond acceptors (Lipinski definition) is 5. The minimum absolute atomic E-state index is 0.0955. The van der Waals surface area contributed by atoms with Crippen molar-refractivity contribution in [3.05, 3.63) is 29.8 Å². The molecule has 1 unspecified atom stereocenters. The Kier molecular flexibility index (Phi) is 5.31. The Morgan fingerprint density at radius 2 is 1.80 bits per heavy atom. The smallest absolute Gasteiger partial charge is 0.115 e. The highest BCUT2D eigenvalue weighted by Gasteiger charge is 2.26. The SMILES string of the molecule is NC(=S)C(c1ccc(O)cc1)N1CCN(CCO)CC1. The molecule has 1 atom stereocenters. The quantitative estimate of drug-likeness (QED) is 0.680. The van der Waals surface area contributed by atoms with Gasteiger partial charge in [0.1, 0.15) is 5.75 Å². The van der Waals surface area contributed by atoms with E-state index in [1.54, 1.807) is 12.1 Å². The zero-order chi connectivity index (χ0) is 14.5. The Hall–Kier alpha value is -1.21. The number of thiocarbonyl (C=S) groups is 1. The lowest BCUT2D eigenvalue weighted by Crippen LogP contribution is -2.50. The van der Waals surface area contributed by atoms with E-state index in [0.29, 0.717) is 11.5 Å².